The highest BCUT2D eigenvalue weighted by Gasteiger charge is 2.53. The van der Waals surface area contributed by atoms with Gasteiger partial charge in [-0.25, -0.2) is 13.2 Å². The zero-order chi connectivity index (χ0) is 32.8. The monoisotopic (exact) mass is 647 g/mol. The summed E-state index contributed by atoms with van der Waals surface area (Å²) in [4.78, 5) is 26.4. The minimum Gasteiger partial charge on any atom is -0.493 e. The number of ether oxygens (including phenoxy) is 2. The lowest BCUT2D eigenvalue weighted by Gasteiger charge is -2.40. The van der Waals surface area contributed by atoms with Crippen LogP contribution in [0.5, 0.6) is 5.75 Å². The van der Waals surface area contributed by atoms with Gasteiger partial charge in [-0.05, 0) is 82.6 Å². The summed E-state index contributed by atoms with van der Waals surface area (Å²) in [7, 11) is 0. The number of halogens is 3. The van der Waals surface area contributed by atoms with Gasteiger partial charge in [0.25, 0.3) is 5.91 Å². The van der Waals surface area contributed by atoms with Gasteiger partial charge in [-0.2, -0.15) is 5.10 Å². The number of allylic oxidation sites excluding steroid dienone is 1. The van der Waals surface area contributed by atoms with E-state index >= 15 is 4.39 Å². The summed E-state index contributed by atoms with van der Waals surface area (Å²) >= 11 is 0. The first kappa shape index (κ1) is 29.9. The minimum atomic E-state index is -1.50. The largest absolute Gasteiger partial charge is 0.493 e. The highest BCUT2D eigenvalue weighted by atomic mass is 19.2. The molecule has 9 nitrogen and oxygen atoms in total. The van der Waals surface area contributed by atoms with Gasteiger partial charge in [-0.15, -0.1) is 0 Å². The summed E-state index contributed by atoms with van der Waals surface area (Å²) in [6, 6.07) is 5.27. The van der Waals surface area contributed by atoms with Crippen molar-refractivity contribution in [3.05, 3.63) is 82.1 Å². The van der Waals surface area contributed by atoms with E-state index in [-0.39, 0.29) is 48.3 Å². The SMILES string of the molecule is CC1(c2cc(F)c(F)cc2F)NC([C@@H](CNC(=O)c2cc(OC3CC3)c3nn(C4CC4)cc3c2)C2CC2)=CC2=C1OC[C@]2(C)C(N)=O. The normalized spacial score (nSPS) is 25.9. The molecule has 3 heterocycles. The summed E-state index contributed by atoms with van der Waals surface area (Å²) in [5.41, 5.74) is 5.20. The van der Waals surface area contributed by atoms with Gasteiger partial charge in [-0.3, -0.25) is 14.3 Å². The number of primary amides is 1. The van der Waals surface area contributed by atoms with Crippen LogP contribution in [-0.4, -0.2) is 40.9 Å². The third-order valence-corrected chi connectivity index (χ3v) is 10.3. The fourth-order valence-electron chi connectivity index (χ4n) is 6.87. The van der Waals surface area contributed by atoms with E-state index in [1.165, 1.54) is 0 Å². The molecule has 246 valence electrons. The van der Waals surface area contributed by atoms with Crippen LogP contribution in [0, 0.1) is 34.7 Å². The first-order chi connectivity index (χ1) is 22.4. The number of amides is 2. The van der Waals surface area contributed by atoms with Crippen LogP contribution in [0.3, 0.4) is 0 Å². The lowest BCUT2D eigenvalue weighted by Crippen LogP contribution is -2.48. The number of nitrogens with two attached hydrogens (primary N) is 1. The van der Waals surface area contributed by atoms with Crippen molar-refractivity contribution in [1.82, 2.24) is 20.4 Å². The van der Waals surface area contributed by atoms with Crippen molar-refractivity contribution < 1.29 is 32.2 Å². The second kappa shape index (κ2) is 10.5. The molecule has 3 aliphatic carbocycles. The molecule has 1 unspecified atom stereocenters. The van der Waals surface area contributed by atoms with Crippen molar-refractivity contribution in [1.29, 1.82) is 0 Å². The summed E-state index contributed by atoms with van der Waals surface area (Å²) in [6.45, 7) is 3.40. The molecule has 3 fully saturated rings. The number of dihydropyridines is 1. The molecule has 3 saturated carbocycles. The van der Waals surface area contributed by atoms with Gasteiger partial charge in [0.1, 0.15) is 40.4 Å². The van der Waals surface area contributed by atoms with E-state index in [4.69, 9.17) is 20.3 Å². The third kappa shape index (κ3) is 5.12. The van der Waals surface area contributed by atoms with Gasteiger partial charge in [-0.1, -0.05) is 0 Å². The van der Waals surface area contributed by atoms with Gasteiger partial charge in [0, 0.05) is 52.5 Å². The number of hydrogen-bond acceptors (Lipinski definition) is 6. The minimum absolute atomic E-state index is 0.0880. The van der Waals surface area contributed by atoms with Crippen molar-refractivity contribution >= 4 is 22.7 Å². The molecule has 2 aliphatic heterocycles. The molecule has 12 heteroatoms. The Kier molecular flexibility index (Phi) is 6.69. The Hall–Kier alpha value is -4.48. The van der Waals surface area contributed by atoms with Crippen LogP contribution in [-0.2, 0) is 15.1 Å². The fraction of sp³-hybridized carbons (Fsp3) is 0.457. The van der Waals surface area contributed by atoms with Crippen LogP contribution in [0.15, 0.2) is 53.6 Å². The number of hydrogen-bond donors (Lipinski definition) is 3. The summed E-state index contributed by atoms with van der Waals surface area (Å²) in [5, 5.41) is 12.0. The maximum atomic E-state index is 15.4. The maximum absolute atomic E-state index is 15.4. The van der Waals surface area contributed by atoms with Gasteiger partial charge in [0.2, 0.25) is 5.91 Å². The van der Waals surface area contributed by atoms with E-state index in [9.17, 15) is 18.4 Å². The van der Waals surface area contributed by atoms with Crippen molar-refractivity contribution in [2.75, 3.05) is 13.2 Å². The number of aromatic nitrogens is 2. The van der Waals surface area contributed by atoms with Gasteiger partial charge in [0.15, 0.2) is 11.6 Å². The molecule has 47 heavy (non-hydrogen) atoms. The number of nitrogens with zero attached hydrogens (tertiary/aromatic N) is 2. The molecule has 8 rings (SSSR count). The number of carbonyl (C=O) groups is 2. The van der Waals surface area contributed by atoms with Crippen molar-refractivity contribution in [3.63, 3.8) is 0 Å². The quantitative estimate of drug-likeness (QED) is 0.258. The van der Waals surface area contributed by atoms with Crippen LogP contribution in [0.4, 0.5) is 13.2 Å². The van der Waals surface area contributed by atoms with Crippen LogP contribution in [0.1, 0.15) is 74.3 Å². The highest BCUT2D eigenvalue weighted by molar-refractivity contribution is 6.00. The zero-order valence-corrected chi connectivity index (χ0v) is 26.2. The molecule has 4 N–H and O–H groups in total. The molecule has 0 saturated heterocycles. The highest BCUT2D eigenvalue weighted by Crippen LogP contribution is 2.51. The average molecular weight is 648 g/mol. The molecule has 5 aliphatic rings. The molecule has 1 aromatic heterocycles. The molecular formula is C35H36F3N5O4. The fourth-order valence-corrected chi connectivity index (χ4v) is 6.87. The van der Waals surface area contributed by atoms with E-state index in [1.54, 1.807) is 26.0 Å². The molecule has 0 radical (unpaired) electrons. The number of rotatable bonds is 10. The summed E-state index contributed by atoms with van der Waals surface area (Å²) in [6.07, 6.45) is 9.79. The van der Waals surface area contributed by atoms with E-state index in [0.29, 0.717) is 34.7 Å². The van der Waals surface area contributed by atoms with Gasteiger partial charge >= 0.3 is 0 Å². The number of benzene rings is 2. The van der Waals surface area contributed by atoms with Gasteiger partial charge < -0.3 is 25.8 Å². The zero-order valence-electron chi connectivity index (χ0n) is 26.2. The maximum Gasteiger partial charge on any atom is 0.251 e. The number of carbonyl (C=O) groups excluding carboxylic acids is 2. The van der Waals surface area contributed by atoms with E-state index in [1.807, 2.05) is 16.9 Å². The number of nitrogens with one attached hydrogen (secondary N) is 2. The summed E-state index contributed by atoms with van der Waals surface area (Å²) in [5.74, 6) is -3.67. The molecule has 3 aromatic rings. The standard InChI is InChI=1S/C35H36F3N5O4/c1-34(33(39)45)16-46-31-24(34)12-28(41-35(31,2)23-11-26(37)27(38)13-25(23)36)22(17-3-4-17)14-40-32(44)18-9-19-15-43(20-5-6-20)42-30(19)29(10-18)47-21-7-8-21/h9-13,15,17,20-22,41H,3-8,14,16H2,1-2H3,(H2,39,45)(H,40,44)/t22-,34-,35?/m0/s1. The molecular weight excluding hydrogens is 611 g/mol. The molecule has 2 amide bonds. The van der Waals surface area contributed by atoms with E-state index in [2.05, 4.69) is 10.6 Å². The topological polar surface area (TPSA) is 120 Å². The Morgan fingerprint density at radius 1 is 1.09 bits per heavy atom. The number of fused-ring (bicyclic) bond motifs is 1. The Bertz CT molecular complexity index is 1910. The smallest absolute Gasteiger partial charge is 0.251 e. The van der Waals surface area contributed by atoms with Crippen LogP contribution >= 0.6 is 0 Å². The molecule has 2 aromatic carbocycles. The van der Waals surface area contributed by atoms with Crippen LogP contribution in [0.2, 0.25) is 0 Å². The summed E-state index contributed by atoms with van der Waals surface area (Å²) < 4.78 is 58.0. The molecule has 0 bridgehead atoms. The average Bonchev–Trinajstić information content (AvgIpc) is 3.92. The second-order valence-corrected chi connectivity index (χ2v) is 14.0. The Morgan fingerprint density at radius 3 is 2.51 bits per heavy atom. The molecule has 3 atom stereocenters. The lowest BCUT2D eigenvalue weighted by molar-refractivity contribution is -0.125. The Balaban J connectivity index is 1.12. The van der Waals surface area contributed by atoms with Gasteiger partial charge in [0.05, 0.1) is 12.1 Å². The second-order valence-electron chi connectivity index (χ2n) is 14.0. The predicted molar refractivity (Wildman–Crippen MR) is 165 cm³/mol. The third-order valence-electron chi connectivity index (χ3n) is 10.3. The predicted octanol–water partition coefficient (Wildman–Crippen LogP) is 5.26. The van der Waals surface area contributed by atoms with Crippen molar-refractivity contribution in [3.8, 4) is 5.75 Å². The van der Waals surface area contributed by atoms with Crippen molar-refractivity contribution in [2.45, 2.75) is 70.1 Å². The first-order valence-corrected chi connectivity index (χ1v) is 16.2. The van der Waals surface area contributed by atoms with Crippen molar-refractivity contribution in [2.24, 2.45) is 23.0 Å². The molecule has 0 spiro atoms. The van der Waals surface area contributed by atoms with E-state index in [0.717, 1.165) is 55.5 Å². The lowest BCUT2D eigenvalue weighted by atomic mass is 9.75. The first-order valence-electron chi connectivity index (χ1n) is 16.2. The Labute approximate surface area is 269 Å². The van der Waals surface area contributed by atoms with E-state index < -0.39 is 34.3 Å². The Morgan fingerprint density at radius 2 is 1.83 bits per heavy atom. The van der Waals surface area contributed by atoms with Crippen LogP contribution in [0.25, 0.3) is 10.9 Å². The van der Waals surface area contributed by atoms with Crippen LogP contribution < -0.4 is 21.1 Å².